The molecule has 0 radical (unpaired) electrons. The van der Waals surface area contributed by atoms with E-state index in [0.29, 0.717) is 5.69 Å². The van der Waals surface area contributed by atoms with E-state index in [0.717, 1.165) is 4.90 Å². The van der Waals surface area contributed by atoms with E-state index >= 15 is 0 Å². The van der Waals surface area contributed by atoms with E-state index < -0.39 is 11.8 Å². The number of nitrogens with zero attached hydrogens (tertiary/aromatic N) is 2. The molecule has 1 aromatic rings. The third-order valence-corrected chi connectivity index (χ3v) is 2.27. The lowest BCUT2D eigenvalue weighted by Gasteiger charge is -2.24. The highest BCUT2D eigenvalue weighted by molar-refractivity contribution is 5.65. The third kappa shape index (κ3) is 1.13. The van der Waals surface area contributed by atoms with Gasteiger partial charge in [-0.1, -0.05) is 0 Å². The molecule has 0 saturated carbocycles. The van der Waals surface area contributed by atoms with Crippen molar-refractivity contribution >= 4 is 6.09 Å². The van der Waals surface area contributed by atoms with E-state index in [4.69, 9.17) is 5.11 Å². The summed E-state index contributed by atoms with van der Waals surface area (Å²) < 4.78 is 1.34. The first-order chi connectivity index (χ1) is 6.59. The number of fused-ring (bicyclic) bond motifs is 1. The van der Waals surface area contributed by atoms with Gasteiger partial charge in [-0.3, -0.25) is 9.55 Å². The summed E-state index contributed by atoms with van der Waals surface area (Å²) in [6, 6.07) is 0. The van der Waals surface area contributed by atoms with Gasteiger partial charge < -0.3 is 15.1 Å². The molecule has 14 heavy (non-hydrogen) atoms. The lowest BCUT2D eigenvalue weighted by molar-refractivity contribution is 0.131. The summed E-state index contributed by atoms with van der Waals surface area (Å²) >= 11 is 0. The van der Waals surface area contributed by atoms with Gasteiger partial charge in [0, 0.05) is 13.1 Å². The first-order valence-corrected chi connectivity index (χ1v) is 4.08. The highest BCUT2D eigenvalue weighted by Crippen LogP contribution is 2.17. The monoisotopic (exact) mass is 199 g/mol. The Hall–Kier alpha value is -1.92. The van der Waals surface area contributed by atoms with Gasteiger partial charge in [-0.25, -0.2) is 9.59 Å². The van der Waals surface area contributed by atoms with E-state index in [2.05, 4.69) is 4.98 Å². The van der Waals surface area contributed by atoms with Crippen molar-refractivity contribution in [2.75, 3.05) is 6.54 Å². The maximum Gasteiger partial charge on any atom is 0.407 e. The normalized spacial score (nSPS) is 15.3. The number of carboxylic acid groups (broad SMARTS) is 1. The molecule has 2 rings (SSSR count). The number of imidazole rings is 1. The van der Waals surface area contributed by atoms with E-state index in [1.165, 1.54) is 4.57 Å². The van der Waals surface area contributed by atoms with Crippen LogP contribution >= 0.6 is 0 Å². The Bertz CT molecular complexity index is 433. The lowest BCUT2D eigenvalue weighted by Crippen LogP contribution is -2.39. The van der Waals surface area contributed by atoms with Crippen LogP contribution in [0.5, 0.6) is 5.88 Å². The summed E-state index contributed by atoms with van der Waals surface area (Å²) in [4.78, 5) is 25.1. The number of aromatic amines is 1. The molecular weight excluding hydrogens is 190 g/mol. The topological polar surface area (TPSA) is 98.6 Å². The van der Waals surface area contributed by atoms with Crippen molar-refractivity contribution in [3.05, 3.63) is 16.2 Å². The van der Waals surface area contributed by atoms with Crippen molar-refractivity contribution in [2.24, 2.45) is 0 Å². The molecule has 1 amide bonds. The minimum Gasteiger partial charge on any atom is -0.493 e. The summed E-state index contributed by atoms with van der Waals surface area (Å²) in [5, 5.41) is 18.0. The van der Waals surface area contributed by atoms with Crippen LogP contribution in [0.2, 0.25) is 0 Å². The zero-order chi connectivity index (χ0) is 10.3. The standard InChI is InChI=1S/C7H9N3O4/c11-5-4-3-9(7(13)14)1-2-10(4)6(12)8-5/h11H,1-3H2,(H,8,12)(H,13,14). The van der Waals surface area contributed by atoms with Crippen molar-refractivity contribution in [3.63, 3.8) is 0 Å². The predicted molar refractivity (Wildman–Crippen MR) is 45.2 cm³/mol. The van der Waals surface area contributed by atoms with Gasteiger partial charge in [0.2, 0.25) is 5.88 Å². The summed E-state index contributed by atoms with van der Waals surface area (Å²) in [5.74, 6) is -0.249. The number of hydrogen-bond acceptors (Lipinski definition) is 3. The van der Waals surface area contributed by atoms with Crippen molar-refractivity contribution in [2.45, 2.75) is 13.1 Å². The zero-order valence-electron chi connectivity index (χ0n) is 7.23. The molecule has 76 valence electrons. The Balaban J connectivity index is 2.39. The van der Waals surface area contributed by atoms with Crippen molar-refractivity contribution in [1.82, 2.24) is 14.5 Å². The quantitative estimate of drug-likeness (QED) is 0.518. The lowest BCUT2D eigenvalue weighted by atomic mass is 10.3. The third-order valence-electron chi connectivity index (χ3n) is 2.27. The van der Waals surface area contributed by atoms with Gasteiger partial charge in [0.05, 0.1) is 6.54 Å². The fourth-order valence-electron chi connectivity index (χ4n) is 1.53. The summed E-state index contributed by atoms with van der Waals surface area (Å²) in [6.45, 7) is 0.580. The number of rotatable bonds is 0. The molecule has 1 aliphatic rings. The summed E-state index contributed by atoms with van der Waals surface area (Å²) in [6.07, 6.45) is -1.05. The van der Waals surface area contributed by atoms with Crippen LogP contribution in [0, 0.1) is 0 Å². The number of nitrogens with one attached hydrogen (secondary N) is 1. The van der Waals surface area contributed by atoms with Crippen molar-refractivity contribution in [1.29, 1.82) is 0 Å². The number of carbonyl (C=O) groups is 1. The molecule has 0 aliphatic carbocycles. The average Bonchev–Trinajstić information content (AvgIpc) is 2.42. The molecule has 0 saturated heterocycles. The second-order valence-corrected chi connectivity index (χ2v) is 3.08. The Morgan fingerprint density at radius 1 is 1.43 bits per heavy atom. The summed E-state index contributed by atoms with van der Waals surface area (Å²) in [5.41, 5.74) is -0.0776. The van der Waals surface area contributed by atoms with Crippen LogP contribution in [0.4, 0.5) is 4.79 Å². The number of hydrogen-bond donors (Lipinski definition) is 3. The van der Waals surface area contributed by atoms with Crippen LogP contribution in [0.1, 0.15) is 5.69 Å². The fraction of sp³-hybridized carbons (Fsp3) is 0.429. The first kappa shape index (κ1) is 8.67. The maximum atomic E-state index is 11.1. The molecule has 0 aromatic carbocycles. The largest absolute Gasteiger partial charge is 0.493 e. The number of amides is 1. The SMILES string of the molecule is O=C(O)N1CCn2c(c(O)[nH]c2=O)C1. The minimum absolute atomic E-state index is 0.0416. The number of H-pyrrole nitrogens is 1. The molecule has 0 atom stereocenters. The molecular formula is C7H9N3O4. The summed E-state index contributed by atoms with van der Waals surface area (Å²) in [7, 11) is 0. The molecule has 0 spiro atoms. The van der Waals surface area contributed by atoms with Gasteiger partial charge in [0.25, 0.3) is 0 Å². The number of aromatic hydroxyl groups is 1. The predicted octanol–water partition coefficient (Wildman–Crippen LogP) is -0.624. The van der Waals surface area contributed by atoms with E-state index in [1.54, 1.807) is 0 Å². The highest BCUT2D eigenvalue weighted by Gasteiger charge is 2.24. The van der Waals surface area contributed by atoms with Gasteiger partial charge in [0.1, 0.15) is 5.69 Å². The van der Waals surface area contributed by atoms with Gasteiger partial charge in [-0.15, -0.1) is 0 Å². The van der Waals surface area contributed by atoms with Crippen LogP contribution in [-0.4, -0.2) is 37.3 Å². The van der Waals surface area contributed by atoms with E-state index in [-0.39, 0.29) is 25.5 Å². The van der Waals surface area contributed by atoms with Crippen LogP contribution in [0.3, 0.4) is 0 Å². The van der Waals surface area contributed by atoms with Crippen molar-refractivity contribution in [3.8, 4) is 5.88 Å². The van der Waals surface area contributed by atoms with Gasteiger partial charge in [0.15, 0.2) is 0 Å². The second-order valence-electron chi connectivity index (χ2n) is 3.08. The Labute approximate surface area is 78.2 Å². The van der Waals surface area contributed by atoms with Crippen LogP contribution in [-0.2, 0) is 13.1 Å². The van der Waals surface area contributed by atoms with Crippen LogP contribution in [0.25, 0.3) is 0 Å². The van der Waals surface area contributed by atoms with Gasteiger partial charge >= 0.3 is 11.8 Å². The molecule has 0 bridgehead atoms. The fourth-order valence-corrected chi connectivity index (χ4v) is 1.53. The molecule has 2 heterocycles. The molecule has 3 N–H and O–H groups in total. The zero-order valence-corrected chi connectivity index (χ0v) is 7.23. The molecule has 1 aliphatic heterocycles. The van der Waals surface area contributed by atoms with Gasteiger partial charge in [-0.05, 0) is 0 Å². The average molecular weight is 199 g/mol. The Morgan fingerprint density at radius 3 is 2.79 bits per heavy atom. The molecule has 0 unspecified atom stereocenters. The molecule has 0 fully saturated rings. The van der Waals surface area contributed by atoms with Crippen LogP contribution in [0.15, 0.2) is 4.79 Å². The first-order valence-electron chi connectivity index (χ1n) is 4.08. The highest BCUT2D eigenvalue weighted by atomic mass is 16.4. The smallest absolute Gasteiger partial charge is 0.407 e. The van der Waals surface area contributed by atoms with E-state index in [9.17, 15) is 14.7 Å². The van der Waals surface area contributed by atoms with Crippen molar-refractivity contribution < 1.29 is 15.0 Å². The van der Waals surface area contributed by atoms with Crippen LogP contribution < -0.4 is 5.69 Å². The molecule has 1 aromatic heterocycles. The van der Waals surface area contributed by atoms with Gasteiger partial charge in [-0.2, -0.15) is 0 Å². The van der Waals surface area contributed by atoms with E-state index in [1.807, 2.05) is 0 Å². The Kier molecular flexibility index (Phi) is 1.73. The number of aromatic nitrogens is 2. The molecule has 7 heteroatoms. The maximum absolute atomic E-state index is 11.1. The Morgan fingerprint density at radius 2 is 2.14 bits per heavy atom. The minimum atomic E-state index is -1.05. The second kappa shape index (κ2) is 2.79. The molecule has 7 nitrogen and oxygen atoms in total.